The van der Waals surface area contributed by atoms with Gasteiger partial charge in [-0.2, -0.15) is 0 Å². The van der Waals surface area contributed by atoms with Crippen molar-refractivity contribution in [3.8, 4) is 0 Å². The highest BCUT2D eigenvalue weighted by Gasteiger charge is 2.50. The van der Waals surface area contributed by atoms with Crippen LogP contribution in [-0.4, -0.2) is 84.3 Å². The SMILES string of the molecule is C1CN2CCN3CCN4CCN1[C@H]4[C@H]23. The van der Waals surface area contributed by atoms with Gasteiger partial charge >= 0.3 is 0 Å². The molecule has 0 amide bonds. The minimum Gasteiger partial charge on any atom is -0.283 e. The van der Waals surface area contributed by atoms with Crippen molar-refractivity contribution in [1.29, 1.82) is 0 Å². The van der Waals surface area contributed by atoms with E-state index in [1.807, 2.05) is 0 Å². The Balaban J connectivity index is 1.73. The molecule has 4 saturated heterocycles. The molecule has 4 heteroatoms. The fraction of sp³-hybridized carbons (Fsp3) is 1.00. The van der Waals surface area contributed by atoms with Gasteiger partial charge in [0.05, 0.1) is 12.3 Å². The van der Waals surface area contributed by atoms with Gasteiger partial charge in [0, 0.05) is 52.4 Å². The van der Waals surface area contributed by atoms with E-state index in [0.717, 1.165) is 12.3 Å². The van der Waals surface area contributed by atoms with E-state index >= 15 is 0 Å². The first-order valence-electron chi connectivity index (χ1n) is 5.90. The van der Waals surface area contributed by atoms with Crippen LogP contribution in [0.3, 0.4) is 0 Å². The predicted octanol–water partition coefficient (Wildman–Crippen LogP) is -1.10. The first-order valence-corrected chi connectivity index (χ1v) is 5.90. The zero-order valence-corrected chi connectivity index (χ0v) is 8.60. The average Bonchev–Trinajstić information content (AvgIpc) is 2.77. The molecule has 0 aromatic carbocycles. The molecule has 0 aromatic heterocycles. The van der Waals surface area contributed by atoms with Crippen LogP contribution in [0, 0.1) is 0 Å². The molecule has 4 aliphatic heterocycles. The lowest BCUT2D eigenvalue weighted by atomic mass is 10.2. The monoisotopic (exact) mass is 194 g/mol. The first kappa shape index (κ1) is 8.05. The van der Waals surface area contributed by atoms with Gasteiger partial charge in [0.15, 0.2) is 0 Å². The molecule has 0 saturated carbocycles. The van der Waals surface area contributed by atoms with E-state index in [1.165, 1.54) is 52.4 Å². The normalized spacial score (nSPS) is 44.6. The highest BCUT2D eigenvalue weighted by atomic mass is 15.6. The van der Waals surface area contributed by atoms with E-state index in [4.69, 9.17) is 0 Å². The molecule has 0 unspecified atom stereocenters. The zero-order chi connectivity index (χ0) is 9.12. The summed E-state index contributed by atoms with van der Waals surface area (Å²) in [4.78, 5) is 10.8. The summed E-state index contributed by atoms with van der Waals surface area (Å²) in [6.45, 7) is 10.4. The Morgan fingerprint density at radius 1 is 0.429 bits per heavy atom. The van der Waals surface area contributed by atoms with Crippen LogP contribution < -0.4 is 0 Å². The summed E-state index contributed by atoms with van der Waals surface area (Å²) in [6.07, 6.45) is 1.47. The molecule has 0 bridgehead atoms. The first-order chi connectivity index (χ1) is 6.93. The van der Waals surface area contributed by atoms with E-state index in [-0.39, 0.29) is 0 Å². The predicted molar refractivity (Wildman–Crippen MR) is 53.9 cm³/mol. The Kier molecular flexibility index (Phi) is 1.55. The molecule has 4 aliphatic rings. The third-order valence-electron chi connectivity index (χ3n) is 4.46. The summed E-state index contributed by atoms with van der Waals surface area (Å²) in [5.74, 6) is 0. The van der Waals surface area contributed by atoms with E-state index in [2.05, 4.69) is 19.6 Å². The topological polar surface area (TPSA) is 13.0 Å². The number of hydrogen-bond acceptors (Lipinski definition) is 4. The smallest absolute Gasteiger partial charge is 0.0923 e. The van der Waals surface area contributed by atoms with Gasteiger partial charge in [0.25, 0.3) is 0 Å². The molecule has 0 aliphatic carbocycles. The molecule has 78 valence electrons. The second kappa shape index (κ2) is 2.70. The summed E-state index contributed by atoms with van der Waals surface area (Å²) in [5.41, 5.74) is 0. The molecule has 0 spiro atoms. The molecule has 0 N–H and O–H groups in total. The van der Waals surface area contributed by atoms with Crippen LogP contribution in [-0.2, 0) is 0 Å². The minimum atomic E-state index is 0.736. The lowest BCUT2D eigenvalue weighted by Gasteiger charge is -2.49. The van der Waals surface area contributed by atoms with Gasteiger partial charge in [0.2, 0.25) is 0 Å². The van der Waals surface area contributed by atoms with Gasteiger partial charge in [0.1, 0.15) is 0 Å². The van der Waals surface area contributed by atoms with Crippen LogP contribution in [0.1, 0.15) is 0 Å². The summed E-state index contributed by atoms with van der Waals surface area (Å²) in [6, 6.07) is 0. The molecule has 14 heavy (non-hydrogen) atoms. The summed E-state index contributed by atoms with van der Waals surface area (Å²) >= 11 is 0. The molecular formula is C10H18N4. The van der Waals surface area contributed by atoms with E-state index < -0.39 is 0 Å². The van der Waals surface area contributed by atoms with E-state index in [9.17, 15) is 0 Å². The Labute approximate surface area is 85.0 Å². The summed E-state index contributed by atoms with van der Waals surface area (Å²) in [7, 11) is 0. The maximum atomic E-state index is 2.69. The van der Waals surface area contributed by atoms with Crippen molar-refractivity contribution in [2.75, 3.05) is 52.4 Å². The molecule has 0 aromatic rings. The fourth-order valence-corrected chi connectivity index (χ4v) is 3.75. The van der Waals surface area contributed by atoms with Crippen LogP contribution in [0.5, 0.6) is 0 Å². The summed E-state index contributed by atoms with van der Waals surface area (Å²) < 4.78 is 0. The van der Waals surface area contributed by atoms with Crippen molar-refractivity contribution in [3.63, 3.8) is 0 Å². The largest absolute Gasteiger partial charge is 0.283 e. The zero-order valence-electron chi connectivity index (χ0n) is 8.60. The van der Waals surface area contributed by atoms with Crippen molar-refractivity contribution in [2.45, 2.75) is 12.3 Å². The second-order valence-corrected chi connectivity index (χ2v) is 4.97. The Morgan fingerprint density at radius 3 is 0.857 bits per heavy atom. The van der Waals surface area contributed by atoms with Crippen LogP contribution in [0.25, 0.3) is 0 Å². The lowest BCUT2D eigenvalue weighted by molar-refractivity contribution is -0.0745. The van der Waals surface area contributed by atoms with Crippen molar-refractivity contribution < 1.29 is 0 Å². The third kappa shape index (κ3) is 0.877. The van der Waals surface area contributed by atoms with Gasteiger partial charge in [-0.05, 0) is 0 Å². The number of hydrogen-bond donors (Lipinski definition) is 0. The second-order valence-electron chi connectivity index (χ2n) is 4.97. The van der Waals surface area contributed by atoms with Crippen LogP contribution in [0.4, 0.5) is 0 Å². The van der Waals surface area contributed by atoms with Crippen LogP contribution in [0.2, 0.25) is 0 Å². The van der Waals surface area contributed by atoms with Crippen molar-refractivity contribution in [2.24, 2.45) is 0 Å². The lowest BCUT2D eigenvalue weighted by Crippen LogP contribution is -2.66. The van der Waals surface area contributed by atoms with E-state index in [0.29, 0.717) is 0 Å². The van der Waals surface area contributed by atoms with Gasteiger partial charge in [-0.3, -0.25) is 19.6 Å². The van der Waals surface area contributed by atoms with Gasteiger partial charge in [-0.25, -0.2) is 0 Å². The van der Waals surface area contributed by atoms with Crippen molar-refractivity contribution >= 4 is 0 Å². The molecule has 4 heterocycles. The molecule has 0 atom stereocenters. The molecular weight excluding hydrogens is 176 g/mol. The van der Waals surface area contributed by atoms with E-state index in [1.54, 1.807) is 0 Å². The van der Waals surface area contributed by atoms with Gasteiger partial charge < -0.3 is 0 Å². The molecule has 0 radical (unpaired) electrons. The van der Waals surface area contributed by atoms with Crippen LogP contribution >= 0.6 is 0 Å². The van der Waals surface area contributed by atoms with Crippen molar-refractivity contribution in [1.82, 2.24) is 19.6 Å². The Bertz CT molecular complexity index is 207. The molecule has 4 rings (SSSR count). The van der Waals surface area contributed by atoms with Gasteiger partial charge in [-0.15, -0.1) is 0 Å². The average molecular weight is 194 g/mol. The fourth-order valence-electron chi connectivity index (χ4n) is 3.75. The Morgan fingerprint density at radius 2 is 0.643 bits per heavy atom. The maximum absolute atomic E-state index is 2.69. The third-order valence-corrected chi connectivity index (χ3v) is 4.46. The summed E-state index contributed by atoms with van der Waals surface area (Å²) in [5, 5.41) is 0. The number of nitrogens with zero attached hydrogens (tertiary/aromatic N) is 4. The van der Waals surface area contributed by atoms with Gasteiger partial charge in [-0.1, -0.05) is 0 Å². The molecule has 4 nitrogen and oxygen atoms in total. The van der Waals surface area contributed by atoms with Crippen LogP contribution in [0.15, 0.2) is 0 Å². The number of rotatable bonds is 0. The molecule has 4 fully saturated rings. The maximum Gasteiger partial charge on any atom is 0.0923 e. The van der Waals surface area contributed by atoms with Crippen molar-refractivity contribution in [3.05, 3.63) is 0 Å². The Hall–Kier alpha value is -0.160. The highest BCUT2D eigenvalue weighted by Crippen LogP contribution is 2.32. The number of piperazine rings is 2. The standard InChI is InChI=1S/C10H18N4/c1-2-12-7-8-14-4-3-13-6-5-11(1)9(12)10(13)14/h9-10H,1-8H2/t9-,10-. The highest BCUT2D eigenvalue weighted by molar-refractivity contribution is 5.01. The quantitative estimate of drug-likeness (QED) is 0.485. The minimum absolute atomic E-state index is 0.736.